The fourth-order valence-electron chi connectivity index (χ4n) is 3.07. The average Bonchev–Trinajstić information content (AvgIpc) is 2.66. The molecular weight excluding hydrogens is 384 g/mol. The van der Waals surface area contributed by atoms with Crippen molar-refractivity contribution in [3.8, 4) is 5.75 Å². The van der Waals surface area contributed by atoms with Crippen LogP contribution in [0.4, 0.5) is 0 Å². The number of piperidine rings is 1. The molecule has 1 aliphatic heterocycles. The molecule has 1 aromatic rings. The lowest BCUT2D eigenvalue weighted by molar-refractivity contribution is -0.154. The van der Waals surface area contributed by atoms with Crippen LogP contribution in [0.1, 0.15) is 43.7 Å². The Morgan fingerprint density at radius 2 is 1.86 bits per heavy atom. The van der Waals surface area contributed by atoms with E-state index < -0.39 is 5.97 Å². The lowest BCUT2D eigenvalue weighted by atomic mass is 9.96. The summed E-state index contributed by atoms with van der Waals surface area (Å²) in [6.45, 7) is 6.10. The first-order valence-corrected chi connectivity index (χ1v) is 9.72. The van der Waals surface area contributed by atoms with Crippen LogP contribution in [0.3, 0.4) is 0 Å². The SMILES string of the molecule is Cc1cc(OCC(=O)OCC(=O)N2CCC(C(N)=O)CC2)c(C(C)C)cc1Cl. The van der Waals surface area contributed by atoms with Gasteiger partial charge in [0.15, 0.2) is 13.2 Å². The second-order valence-corrected chi connectivity index (χ2v) is 7.71. The Hall–Kier alpha value is -2.28. The van der Waals surface area contributed by atoms with E-state index in [9.17, 15) is 14.4 Å². The number of esters is 1. The van der Waals surface area contributed by atoms with Gasteiger partial charge in [0.1, 0.15) is 5.75 Å². The Kier molecular flexibility index (Phi) is 7.69. The predicted octanol–water partition coefficient (Wildman–Crippen LogP) is 2.42. The van der Waals surface area contributed by atoms with E-state index in [0.717, 1.165) is 11.1 Å². The number of rotatable bonds is 7. The van der Waals surface area contributed by atoms with Crippen molar-refractivity contribution < 1.29 is 23.9 Å². The fourth-order valence-corrected chi connectivity index (χ4v) is 3.24. The number of carbonyl (C=O) groups excluding carboxylic acids is 3. The Morgan fingerprint density at radius 1 is 1.21 bits per heavy atom. The first kappa shape index (κ1) is 22.0. The predicted molar refractivity (Wildman–Crippen MR) is 105 cm³/mol. The monoisotopic (exact) mass is 410 g/mol. The van der Waals surface area contributed by atoms with Crippen molar-refractivity contribution in [3.05, 3.63) is 28.3 Å². The summed E-state index contributed by atoms with van der Waals surface area (Å²) >= 11 is 6.16. The van der Waals surface area contributed by atoms with Crippen molar-refractivity contribution in [2.45, 2.75) is 39.5 Å². The van der Waals surface area contributed by atoms with Crippen molar-refractivity contribution in [3.63, 3.8) is 0 Å². The summed E-state index contributed by atoms with van der Waals surface area (Å²) in [5.41, 5.74) is 7.03. The van der Waals surface area contributed by atoms with Gasteiger partial charge in [0, 0.05) is 24.0 Å². The number of nitrogens with zero attached hydrogens (tertiary/aromatic N) is 1. The molecule has 0 atom stereocenters. The van der Waals surface area contributed by atoms with Crippen molar-refractivity contribution >= 4 is 29.4 Å². The van der Waals surface area contributed by atoms with Gasteiger partial charge >= 0.3 is 5.97 Å². The van der Waals surface area contributed by atoms with Crippen LogP contribution in [-0.4, -0.2) is 49.0 Å². The third-order valence-corrected chi connectivity index (χ3v) is 5.27. The fraction of sp³-hybridized carbons (Fsp3) is 0.550. The van der Waals surface area contributed by atoms with Gasteiger partial charge in [0.25, 0.3) is 5.91 Å². The summed E-state index contributed by atoms with van der Waals surface area (Å²) in [6, 6.07) is 3.63. The van der Waals surface area contributed by atoms with Gasteiger partial charge in [0.05, 0.1) is 0 Å². The Bertz CT molecular complexity index is 742. The summed E-state index contributed by atoms with van der Waals surface area (Å²) in [5.74, 6) is -0.696. The quantitative estimate of drug-likeness (QED) is 0.696. The second-order valence-electron chi connectivity index (χ2n) is 7.30. The molecule has 2 amide bonds. The minimum Gasteiger partial charge on any atom is -0.482 e. The first-order chi connectivity index (χ1) is 13.2. The van der Waals surface area contributed by atoms with Gasteiger partial charge in [-0.2, -0.15) is 0 Å². The van der Waals surface area contributed by atoms with E-state index >= 15 is 0 Å². The second kappa shape index (κ2) is 9.78. The number of nitrogens with two attached hydrogens (primary N) is 1. The lowest BCUT2D eigenvalue weighted by Crippen LogP contribution is -2.43. The molecule has 2 N–H and O–H groups in total. The van der Waals surface area contributed by atoms with Gasteiger partial charge in [-0.05, 0) is 48.9 Å². The van der Waals surface area contributed by atoms with E-state index in [4.69, 9.17) is 26.8 Å². The van der Waals surface area contributed by atoms with Crippen LogP contribution >= 0.6 is 11.6 Å². The van der Waals surface area contributed by atoms with Crippen LogP contribution in [-0.2, 0) is 19.1 Å². The average molecular weight is 411 g/mol. The van der Waals surface area contributed by atoms with Gasteiger partial charge in [0.2, 0.25) is 5.91 Å². The third-order valence-electron chi connectivity index (χ3n) is 4.87. The Morgan fingerprint density at radius 3 is 2.43 bits per heavy atom. The number of hydrogen-bond donors (Lipinski definition) is 1. The van der Waals surface area contributed by atoms with Gasteiger partial charge < -0.3 is 20.1 Å². The van der Waals surface area contributed by atoms with Crippen molar-refractivity contribution in [1.29, 1.82) is 0 Å². The number of ether oxygens (including phenoxy) is 2. The normalized spacial score (nSPS) is 14.8. The number of hydrogen-bond acceptors (Lipinski definition) is 5. The summed E-state index contributed by atoms with van der Waals surface area (Å²) in [5, 5.41) is 0.643. The molecule has 1 heterocycles. The van der Waals surface area contributed by atoms with Crippen LogP contribution in [0.25, 0.3) is 0 Å². The molecule has 0 aromatic heterocycles. The number of carbonyl (C=O) groups is 3. The Balaban J connectivity index is 1.81. The van der Waals surface area contributed by atoms with E-state index in [-0.39, 0.29) is 36.9 Å². The molecule has 1 aliphatic rings. The van der Waals surface area contributed by atoms with Crippen molar-refractivity contribution in [2.24, 2.45) is 11.7 Å². The molecule has 0 radical (unpaired) electrons. The highest BCUT2D eigenvalue weighted by Crippen LogP contribution is 2.32. The maximum Gasteiger partial charge on any atom is 0.344 e. The molecule has 154 valence electrons. The topological polar surface area (TPSA) is 98.9 Å². The molecule has 7 nitrogen and oxygen atoms in total. The van der Waals surface area contributed by atoms with Crippen molar-refractivity contribution in [2.75, 3.05) is 26.3 Å². The van der Waals surface area contributed by atoms with Crippen LogP contribution in [0.5, 0.6) is 5.75 Å². The van der Waals surface area contributed by atoms with E-state index in [1.54, 1.807) is 11.0 Å². The maximum atomic E-state index is 12.2. The number of halogens is 1. The molecule has 2 rings (SSSR count). The number of primary amides is 1. The van der Waals surface area contributed by atoms with Crippen LogP contribution in [0.15, 0.2) is 12.1 Å². The molecule has 0 unspecified atom stereocenters. The summed E-state index contributed by atoms with van der Waals surface area (Å²) < 4.78 is 10.6. The zero-order chi connectivity index (χ0) is 20.8. The molecule has 0 aliphatic carbocycles. The van der Waals surface area contributed by atoms with Gasteiger partial charge in [-0.3, -0.25) is 9.59 Å². The number of likely N-dealkylation sites (tertiary alicyclic amines) is 1. The van der Waals surface area contributed by atoms with Gasteiger partial charge in [-0.15, -0.1) is 0 Å². The molecule has 0 spiro atoms. The van der Waals surface area contributed by atoms with Gasteiger partial charge in [-0.1, -0.05) is 25.4 Å². The van der Waals surface area contributed by atoms with E-state index in [1.165, 1.54) is 0 Å². The first-order valence-electron chi connectivity index (χ1n) is 9.34. The van der Waals surface area contributed by atoms with Crippen molar-refractivity contribution in [1.82, 2.24) is 4.90 Å². The zero-order valence-electron chi connectivity index (χ0n) is 16.5. The summed E-state index contributed by atoms with van der Waals surface area (Å²) in [7, 11) is 0. The highest BCUT2D eigenvalue weighted by Gasteiger charge is 2.26. The minimum absolute atomic E-state index is 0.175. The molecule has 1 saturated heterocycles. The molecular formula is C20H27ClN2O5. The number of aryl methyl sites for hydroxylation is 1. The third kappa shape index (κ3) is 5.86. The molecule has 1 aromatic carbocycles. The van der Waals surface area contributed by atoms with Gasteiger partial charge in [-0.25, -0.2) is 4.79 Å². The standard InChI is InChI=1S/C20H27ClN2O5/c1-12(2)15-9-16(21)13(3)8-17(15)27-11-19(25)28-10-18(24)23-6-4-14(5-7-23)20(22)26/h8-9,12,14H,4-7,10-11H2,1-3H3,(H2,22,26). The van der Waals surface area contributed by atoms with Crippen LogP contribution in [0.2, 0.25) is 5.02 Å². The van der Waals surface area contributed by atoms with E-state index in [1.807, 2.05) is 26.8 Å². The van der Waals surface area contributed by atoms with E-state index in [2.05, 4.69) is 0 Å². The molecule has 0 bridgehead atoms. The molecule has 8 heteroatoms. The smallest absolute Gasteiger partial charge is 0.344 e. The minimum atomic E-state index is -0.623. The van der Waals surface area contributed by atoms with Crippen LogP contribution < -0.4 is 10.5 Å². The summed E-state index contributed by atoms with van der Waals surface area (Å²) in [6.07, 6.45) is 1.07. The number of benzene rings is 1. The highest BCUT2D eigenvalue weighted by atomic mass is 35.5. The summed E-state index contributed by atoms with van der Waals surface area (Å²) in [4.78, 5) is 36.9. The largest absolute Gasteiger partial charge is 0.482 e. The molecule has 28 heavy (non-hydrogen) atoms. The lowest BCUT2D eigenvalue weighted by Gasteiger charge is -2.30. The van der Waals surface area contributed by atoms with E-state index in [0.29, 0.717) is 36.7 Å². The molecule has 0 saturated carbocycles. The number of amides is 2. The van der Waals surface area contributed by atoms with Crippen LogP contribution in [0, 0.1) is 12.8 Å². The maximum absolute atomic E-state index is 12.2. The highest BCUT2D eigenvalue weighted by molar-refractivity contribution is 6.31. The Labute approximate surface area is 170 Å². The molecule has 1 fully saturated rings. The zero-order valence-corrected chi connectivity index (χ0v) is 17.3.